The minimum Gasteiger partial charge on any atom is -0.497 e. The van der Waals surface area contributed by atoms with E-state index in [4.69, 9.17) is 4.74 Å². The number of halogens is 4. The van der Waals surface area contributed by atoms with E-state index in [1.165, 1.54) is 7.11 Å². The lowest BCUT2D eigenvalue weighted by Crippen LogP contribution is -2.27. The van der Waals surface area contributed by atoms with Crippen LogP contribution in [0, 0.1) is 5.41 Å². The van der Waals surface area contributed by atoms with Gasteiger partial charge in [-0.25, -0.2) is 0 Å². The molecule has 0 N–H and O–H groups in total. The number of methoxy groups -OCH3 is 1. The van der Waals surface area contributed by atoms with Crippen molar-refractivity contribution in [3.8, 4) is 5.75 Å². The first kappa shape index (κ1) is 12.7. The third-order valence-electron chi connectivity index (χ3n) is 3.40. The van der Waals surface area contributed by atoms with Gasteiger partial charge in [-0.05, 0) is 30.0 Å². The van der Waals surface area contributed by atoms with Crippen LogP contribution in [0.2, 0.25) is 0 Å². The van der Waals surface area contributed by atoms with Crippen LogP contribution < -0.4 is 4.74 Å². The molecule has 2 atom stereocenters. The summed E-state index contributed by atoms with van der Waals surface area (Å²) in [6, 6.07) is 6.81. The highest BCUT2D eigenvalue weighted by Crippen LogP contribution is 2.68. The highest BCUT2D eigenvalue weighted by atomic mass is 79.9. The summed E-state index contributed by atoms with van der Waals surface area (Å²) in [4.78, 5) is 0. The van der Waals surface area contributed by atoms with Crippen LogP contribution in [0.25, 0.3) is 0 Å². The first-order chi connectivity index (χ1) is 7.94. The van der Waals surface area contributed by atoms with E-state index in [9.17, 15) is 13.2 Å². The molecule has 1 aromatic rings. The van der Waals surface area contributed by atoms with Crippen molar-refractivity contribution in [3.63, 3.8) is 0 Å². The number of hydrogen-bond acceptors (Lipinski definition) is 1. The summed E-state index contributed by atoms with van der Waals surface area (Å²) in [5.74, 6) is 0.221. The Labute approximate surface area is 106 Å². The average Bonchev–Trinajstić information content (AvgIpc) is 3.04. The summed E-state index contributed by atoms with van der Waals surface area (Å²) >= 11 is 2.99. The highest BCUT2D eigenvalue weighted by molar-refractivity contribution is 9.09. The molecule has 2 rings (SSSR count). The van der Waals surface area contributed by atoms with E-state index in [1.807, 2.05) is 0 Å². The van der Waals surface area contributed by atoms with Gasteiger partial charge in [-0.3, -0.25) is 0 Å². The Morgan fingerprint density at radius 3 is 2.29 bits per heavy atom. The molecule has 0 saturated heterocycles. The fourth-order valence-corrected chi connectivity index (χ4v) is 3.05. The van der Waals surface area contributed by atoms with E-state index in [0.717, 1.165) is 5.56 Å². The second-order valence-electron chi connectivity index (χ2n) is 4.32. The van der Waals surface area contributed by atoms with Crippen molar-refractivity contribution in [3.05, 3.63) is 29.8 Å². The molecule has 2 unspecified atom stereocenters. The molecule has 0 aliphatic heterocycles. The lowest BCUT2D eigenvalue weighted by molar-refractivity contribution is -0.181. The Bertz CT molecular complexity index is 401. The number of hydrogen-bond donors (Lipinski definition) is 0. The van der Waals surface area contributed by atoms with Crippen molar-refractivity contribution in [2.24, 2.45) is 5.41 Å². The van der Waals surface area contributed by atoms with Crippen LogP contribution >= 0.6 is 15.9 Å². The van der Waals surface area contributed by atoms with Crippen molar-refractivity contribution in [1.29, 1.82) is 0 Å². The molecule has 1 aliphatic rings. The molecule has 1 aromatic carbocycles. The Balaban J connectivity index is 2.21. The van der Waals surface area contributed by atoms with Crippen LogP contribution in [0.1, 0.15) is 17.9 Å². The molecule has 94 valence electrons. The van der Waals surface area contributed by atoms with Gasteiger partial charge in [0.15, 0.2) is 0 Å². The van der Waals surface area contributed by atoms with E-state index in [1.54, 1.807) is 24.3 Å². The van der Waals surface area contributed by atoms with Crippen LogP contribution in [-0.4, -0.2) is 18.6 Å². The van der Waals surface area contributed by atoms with E-state index in [2.05, 4.69) is 15.9 Å². The molecule has 1 nitrogen and oxygen atoms in total. The van der Waals surface area contributed by atoms with E-state index >= 15 is 0 Å². The van der Waals surface area contributed by atoms with Crippen LogP contribution in [0.15, 0.2) is 24.3 Å². The zero-order chi connectivity index (χ0) is 12.7. The summed E-state index contributed by atoms with van der Waals surface area (Å²) in [6.45, 7) is 0. The van der Waals surface area contributed by atoms with Gasteiger partial charge in [0.05, 0.1) is 12.5 Å². The van der Waals surface area contributed by atoms with Crippen molar-refractivity contribution < 1.29 is 17.9 Å². The van der Waals surface area contributed by atoms with Gasteiger partial charge in [-0.15, -0.1) is 0 Å². The first-order valence-electron chi connectivity index (χ1n) is 5.21. The molecule has 0 spiro atoms. The van der Waals surface area contributed by atoms with Crippen molar-refractivity contribution >= 4 is 15.9 Å². The topological polar surface area (TPSA) is 9.23 Å². The predicted octanol–water partition coefficient (Wildman–Crippen LogP) is 4.13. The van der Waals surface area contributed by atoms with Gasteiger partial charge in [0, 0.05) is 5.33 Å². The van der Waals surface area contributed by atoms with Gasteiger partial charge in [-0.2, -0.15) is 13.2 Å². The van der Waals surface area contributed by atoms with Crippen molar-refractivity contribution in [2.45, 2.75) is 18.5 Å². The Morgan fingerprint density at radius 1 is 1.35 bits per heavy atom. The maximum Gasteiger partial charge on any atom is 0.395 e. The highest BCUT2D eigenvalue weighted by Gasteiger charge is 2.70. The van der Waals surface area contributed by atoms with Crippen LogP contribution in [0.5, 0.6) is 5.75 Å². The average molecular weight is 309 g/mol. The molecule has 1 aliphatic carbocycles. The number of rotatable bonds is 3. The lowest BCUT2D eigenvalue weighted by atomic mass is 10.0. The minimum atomic E-state index is -4.15. The molecule has 0 bridgehead atoms. The zero-order valence-electron chi connectivity index (χ0n) is 9.22. The molecule has 1 fully saturated rings. The van der Waals surface area contributed by atoms with Gasteiger partial charge < -0.3 is 4.74 Å². The van der Waals surface area contributed by atoms with Crippen LogP contribution in [0.4, 0.5) is 13.2 Å². The standard InChI is InChI=1S/C12H12BrF3O/c1-17-9-4-2-8(3-5-9)10-6-11(10,7-13)12(14,15)16/h2-5,10H,6-7H2,1H3. The maximum atomic E-state index is 12.9. The second-order valence-corrected chi connectivity index (χ2v) is 4.88. The fraction of sp³-hybridized carbons (Fsp3) is 0.500. The van der Waals surface area contributed by atoms with Gasteiger partial charge in [0.25, 0.3) is 0 Å². The molecule has 0 radical (unpaired) electrons. The first-order valence-corrected chi connectivity index (χ1v) is 6.33. The molecule has 0 amide bonds. The largest absolute Gasteiger partial charge is 0.497 e. The summed E-state index contributed by atoms with van der Waals surface area (Å²) < 4.78 is 43.8. The predicted molar refractivity (Wildman–Crippen MR) is 62.6 cm³/mol. The van der Waals surface area contributed by atoms with Gasteiger partial charge in [0.2, 0.25) is 0 Å². The fourth-order valence-electron chi connectivity index (χ4n) is 2.12. The summed E-state index contributed by atoms with van der Waals surface area (Å²) in [7, 11) is 1.53. The normalized spacial score (nSPS) is 27.9. The third kappa shape index (κ3) is 2.05. The Morgan fingerprint density at radius 2 is 1.94 bits per heavy atom. The van der Waals surface area contributed by atoms with Crippen molar-refractivity contribution in [2.75, 3.05) is 12.4 Å². The van der Waals surface area contributed by atoms with E-state index in [-0.39, 0.29) is 11.8 Å². The molecule has 0 heterocycles. The quantitative estimate of drug-likeness (QED) is 0.763. The third-order valence-corrected chi connectivity index (χ3v) is 4.40. The van der Waals surface area contributed by atoms with Crippen LogP contribution in [0.3, 0.4) is 0 Å². The minimum absolute atomic E-state index is 0.0415. The molecule has 1 saturated carbocycles. The van der Waals surface area contributed by atoms with Gasteiger partial charge >= 0.3 is 6.18 Å². The van der Waals surface area contributed by atoms with Crippen molar-refractivity contribution in [1.82, 2.24) is 0 Å². The molecule has 0 aromatic heterocycles. The smallest absolute Gasteiger partial charge is 0.395 e. The van der Waals surface area contributed by atoms with Gasteiger partial charge in [-0.1, -0.05) is 28.1 Å². The molecular weight excluding hydrogens is 297 g/mol. The Hall–Kier alpha value is -0.710. The van der Waals surface area contributed by atoms with Crippen LogP contribution in [-0.2, 0) is 0 Å². The number of benzene rings is 1. The SMILES string of the molecule is COc1ccc(C2CC2(CBr)C(F)(F)F)cc1. The Kier molecular flexibility index (Phi) is 3.14. The van der Waals surface area contributed by atoms with Gasteiger partial charge in [0.1, 0.15) is 5.75 Å². The molecular formula is C12H12BrF3O. The van der Waals surface area contributed by atoms with E-state index in [0.29, 0.717) is 5.75 Å². The number of alkyl halides is 4. The summed E-state index contributed by atoms with van der Waals surface area (Å²) in [6.07, 6.45) is -3.99. The molecule has 5 heteroatoms. The zero-order valence-corrected chi connectivity index (χ0v) is 10.8. The monoisotopic (exact) mass is 308 g/mol. The molecule has 17 heavy (non-hydrogen) atoms. The summed E-state index contributed by atoms with van der Waals surface area (Å²) in [5, 5.41) is -0.0415. The number of ether oxygens (including phenoxy) is 1. The van der Waals surface area contributed by atoms with E-state index < -0.39 is 17.5 Å². The second kappa shape index (κ2) is 4.19. The summed E-state index contributed by atoms with van der Waals surface area (Å²) in [5.41, 5.74) is -0.857. The maximum absolute atomic E-state index is 12.9. The lowest BCUT2D eigenvalue weighted by Gasteiger charge is -2.18.